The van der Waals surface area contributed by atoms with Crippen LogP contribution in [0.2, 0.25) is 0 Å². The molecule has 0 bridgehead atoms. The number of para-hydroxylation sites is 1. The molecule has 9 heteroatoms. The van der Waals surface area contributed by atoms with E-state index in [0.29, 0.717) is 35.2 Å². The van der Waals surface area contributed by atoms with Gasteiger partial charge in [-0.3, -0.25) is 4.40 Å². The van der Waals surface area contributed by atoms with E-state index >= 15 is 0 Å². The summed E-state index contributed by atoms with van der Waals surface area (Å²) >= 11 is 0. The number of methoxy groups -OCH3 is 3. The minimum Gasteiger partial charge on any atom is -0.493 e. The third kappa shape index (κ3) is 4.23. The highest BCUT2D eigenvalue weighted by molar-refractivity contribution is 5.85. The number of nitrogens with zero attached hydrogens (tertiary/aromatic N) is 3. The molecule has 0 aliphatic heterocycles. The first-order valence-electron chi connectivity index (χ1n) is 11.1. The molecule has 5 aromatic rings. The fraction of sp³-hybridized carbons (Fsp3) is 0.192. The van der Waals surface area contributed by atoms with Crippen LogP contribution in [0.25, 0.3) is 27.8 Å². The number of hydrogen-bond donors (Lipinski definition) is 2. The Labute approximate surface area is 201 Å². The third-order valence-corrected chi connectivity index (χ3v) is 5.96. The Bertz CT molecular complexity index is 1510. The minimum atomic E-state index is -0.669. The average molecular weight is 472 g/mol. The summed E-state index contributed by atoms with van der Waals surface area (Å²) in [4.78, 5) is 25.3. The Balaban J connectivity index is 1.53. The molecule has 178 valence electrons. The Morgan fingerprint density at radius 2 is 1.91 bits per heavy atom. The van der Waals surface area contributed by atoms with Gasteiger partial charge in [-0.1, -0.05) is 18.2 Å². The lowest BCUT2D eigenvalue weighted by atomic mass is 10.1. The molecule has 0 spiro atoms. The number of esters is 1. The quantitative estimate of drug-likeness (QED) is 0.329. The maximum Gasteiger partial charge on any atom is 0.328 e. The van der Waals surface area contributed by atoms with Gasteiger partial charge in [0.25, 0.3) is 0 Å². The van der Waals surface area contributed by atoms with Crippen LogP contribution >= 0.6 is 0 Å². The first-order valence-corrected chi connectivity index (χ1v) is 11.1. The molecule has 0 aliphatic rings. The van der Waals surface area contributed by atoms with Crippen molar-refractivity contribution in [3.8, 4) is 22.8 Å². The summed E-state index contributed by atoms with van der Waals surface area (Å²) in [5, 5.41) is 4.35. The van der Waals surface area contributed by atoms with E-state index in [1.807, 2.05) is 54.7 Å². The van der Waals surface area contributed by atoms with Crippen LogP contribution in [-0.4, -0.2) is 52.7 Å². The Morgan fingerprint density at radius 1 is 1.09 bits per heavy atom. The maximum absolute atomic E-state index is 12.8. The summed E-state index contributed by atoms with van der Waals surface area (Å²) in [7, 11) is 4.56. The SMILES string of the molecule is COC(=O)[C@H](Cc1c[nH]c2ccccc12)Nc1nc(-c2ccc(OC)c(OC)c2)cc2nccn12. The van der Waals surface area contributed by atoms with Gasteiger partial charge in [0.15, 0.2) is 11.5 Å². The van der Waals surface area contributed by atoms with Gasteiger partial charge in [0.05, 0.1) is 27.0 Å². The van der Waals surface area contributed by atoms with Gasteiger partial charge < -0.3 is 24.5 Å². The van der Waals surface area contributed by atoms with Crippen molar-refractivity contribution in [3.05, 3.63) is 72.7 Å². The average Bonchev–Trinajstić information content (AvgIpc) is 3.54. The standard InChI is InChI=1S/C26H25N5O4/c1-33-22-9-8-16(13-23(22)34-2)20-14-24-27-10-11-31(24)26(29-20)30-21(25(32)35-3)12-17-15-28-19-7-5-4-6-18(17)19/h4-11,13-15,21,28H,12H2,1-3H3,(H,29,30)/t21-/m0/s1. The smallest absolute Gasteiger partial charge is 0.328 e. The molecule has 3 aromatic heterocycles. The van der Waals surface area contributed by atoms with Gasteiger partial charge in [0, 0.05) is 47.5 Å². The molecule has 2 N–H and O–H groups in total. The van der Waals surface area contributed by atoms with Gasteiger partial charge in [-0.15, -0.1) is 0 Å². The van der Waals surface area contributed by atoms with Crippen LogP contribution in [-0.2, 0) is 16.0 Å². The monoisotopic (exact) mass is 471 g/mol. The second-order valence-electron chi connectivity index (χ2n) is 7.97. The van der Waals surface area contributed by atoms with Gasteiger partial charge >= 0.3 is 5.97 Å². The summed E-state index contributed by atoms with van der Waals surface area (Å²) < 4.78 is 17.7. The number of carbonyl (C=O) groups excluding carboxylic acids is 1. The zero-order valence-corrected chi connectivity index (χ0v) is 19.6. The van der Waals surface area contributed by atoms with Crippen molar-refractivity contribution in [3.63, 3.8) is 0 Å². The summed E-state index contributed by atoms with van der Waals surface area (Å²) in [5.74, 6) is 1.30. The second kappa shape index (κ2) is 9.38. The maximum atomic E-state index is 12.8. The molecule has 1 atom stereocenters. The van der Waals surface area contributed by atoms with Gasteiger partial charge in [0.1, 0.15) is 11.7 Å². The lowest BCUT2D eigenvalue weighted by Crippen LogP contribution is -2.34. The second-order valence-corrected chi connectivity index (χ2v) is 7.97. The number of aromatic nitrogens is 4. The van der Waals surface area contributed by atoms with Crippen LogP contribution < -0.4 is 14.8 Å². The fourth-order valence-electron chi connectivity index (χ4n) is 4.18. The van der Waals surface area contributed by atoms with Crippen LogP contribution in [0.4, 0.5) is 5.95 Å². The molecule has 0 amide bonds. The van der Waals surface area contributed by atoms with E-state index in [9.17, 15) is 4.79 Å². The van der Waals surface area contributed by atoms with E-state index in [1.165, 1.54) is 7.11 Å². The summed E-state index contributed by atoms with van der Waals surface area (Å²) in [5.41, 5.74) is 4.19. The van der Waals surface area contributed by atoms with Crippen molar-refractivity contribution in [1.82, 2.24) is 19.4 Å². The van der Waals surface area contributed by atoms with Crippen LogP contribution in [0.15, 0.2) is 67.1 Å². The molecule has 0 unspecified atom stereocenters. The third-order valence-electron chi connectivity index (χ3n) is 5.96. The molecule has 3 heterocycles. The van der Waals surface area contributed by atoms with E-state index in [0.717, 1.165) is 22.0 Å². The number of aromatic amines is 1. The topological polar surface area (TPSA) is 103 Å². The van der Waals surface area contributed by atoms with E-state index < -0.39 is 6.04 Å². The number of fused-ring (bicyclic) bond motifs is 2. The number of anilines is 1. The van der Waals surface area contributed by atoms with Gasteiger partial charge in [-0.25, -0.2) is 14.8 Å². The highest BCUT2D eigenvalue weighted by atomic mass is 16.5. The highest BCUT2D eigenvalue weighted by Crippen LogP contribution is 2.32. The van der Waals surface area contributed by atoms with Crippen LogP contribution in [0, 0.1) is 0 Å². The molecule has 35 heavy (non-hydrogen) atoms. The Hall–Kier alpha value is -4.53. The van der Waals surface area contributed by atoms with Crippen molar-refractivity contribution in [2.75, 3.05) is 26.6 Å². The molecular weight excluding hydrogens is 446 g/mol. The number of hydrogen-bond acceptors (Lipinski definition) is 7. The minimum absolute atomic E-state index is 0.387. The van der Waals surface area contributed by atoms with Crippen molar-refractivity contribution in [2.24, 2.45) is 0 Å². The fourth-order valence-corrected chi connectivity index (χ4v) is 4.18. The highest BCUT2D eigenvalue weighted by Gasteiger charge is 2.23. The lowest BCUT2D eigenvalue weighted by Gasteiger charge is -2.18. The normalized spacial score (nSPS) is 12.0. The predicted molar refractivity (Wildman–Crippen MR) is 133 cm³/mol. The van der Waals surface area contributed by atoms with Crippen LogP contribution in [0.3, 0.4) is 0 Å². The van der Waals surface area contributed by atoms with Crippen molar-refractivity contribution < 1.29 is 19.0 Å². The lowest BCUT2D eigenvalue weighted by molar-refractivity contribution is -0.141. The zero-order valence-electron chi connectivity index (χ0n) is 19.6. The van der Waals surface area contributed by atoms with Gasteiger partial charge in [0.2, 0.25) is 5.95 Å². The van der Waals surface area contributed by atoms with Crippen molar-refractivity contribution >= 4 is 28.5 Å². The molecule has 9 nitrogen and oxygen atoms in total. The Morgan fingerprint density at radius 3 is 2.71 bits per heavy atom. The summed E-state index contributed by atoms with van der Waals surface area (Å²) in [6.45, 7) is 0. The molecule has 0 saturated carbocycles. The number of imidazole rings is 1. The van der Waals surface area contributed by atoms with E-state index in [1.54, 1.807) is 31.0 Å². The van der Waals surface area contributed by atoms with E-state index in [2.05, 4.69) is 15.3 Å². The van der Waals surface area contributed by atoms with E-state index in [-0.39, 0.29) is 5.97 Å². The van der Waals surface area contributed by atoms with Gasteiger partial charge in [-0.05, 0) is 29.8 Å². The molecule has 0 fully saturated rings. The molecular formula is C26H25N5O4. The number of rotatable bonds is 8. The number of ether oxygens (including phenoxy) is 3. The summed E-state index contributed by atoms with van der Waals surface area (Å²) in [6, 6.07) is 14.8. The number of benzene rings is 2. The molecule has 0 aliphatic carbocycles. The van der Waals surface area contributed by atoms with Gasteiger partial charge in [-0.2, -0.15) is 0 Å². The first-order chi connectivity index (χ1) is 17.1. The molecule has 0 saturated heterocycles. The summed E-state index contributed by atoms with van der Waals surface area (Å²) in [6.07, 6.45) is 5.81. The van der Waals surface area contributed by atoms with E-state index in [4.69, 9.17) is 19.2 Å². The Kier molecular flexibility index (Phi) is 5.97. The van der Waals surface area contributed by atoms with Crippen molar-refractivity contribution in [1.29, 1.82) is 0 Å². The van der Waals surface area contributed by atoms with Crippen LogP contribution in [0.1, 0.15) is 5.56 Å². The molecule has 0 radical (unpaired) electrons. The first kappa shape index (κ1) is 22.3. The molecule has 2 aromatic carbocycles. The number of carbonyl (C=O) groups is 1. The molecule has 5 rings (SSSR count). The predicted octanol–water partition coefficient (Wildman–Crippen LogP) is 4.09. The number of nitrogens with one attached hydrogen (secondary N) is 2. The largest absolute Gasteiger partial charge is 0.493 e. The van der Waals surface area contributed by atoms with Crippen LogP contribution in [0.5, 0.6) is 11.5 Å². The van der Waals surface area contributed by atoms with Crippen molar-refractivity contribution in [2.45, 2.75) is 12.5 Å². The number of H-pyrrole nitrogens is 1. The zero-order chi connectivity index (χ0) is 24.4.